The molecule has 0 amide bonds. The maximum absolute atomic E-state index is 10.4. The van der Waals surface area contributed by atoms with Crippen LogP contribution in [0.1, 0.15) is 69.7 Å². The Bertz CT molecular complexity index is 641. The van der Waals surface area contributed by atoms with Crippen molar-refractivity contribution in [1.82, 2.24) is 9.97 Å². The van der Waals surface area contributed by atoms with Gasteiger partial charge in [0.25, 0.3) is 0 Å². The smallest absolute Gasteiger partial charge is 0.215 e. The number of hydrogen-bond acceptors (Lipinski definition) is 5. The number of aromatic nitrogens is 2. The summed E-state index contributed by atoms with van der Waals surface area (Å²) < 4.78 is 6.05. The SMILES string of the molecule is CC(C)c1nc2ccc(OC3CCCCCCCC3O)nc2s1. The monoisotopic (exact) mass is 334 g/mol. The molecule has 3 rings (SSSR count). The minimum absolute atomic E-state index is 0.143. The first-order valence-electron chi connectivity index (χ1n) is 8.75. The Morgan fingerprint density at radius 3 is 2.61 bits per heavy atom. The van der Waals surface area contributed by atoms with Crippen molar-refractivity contribution in [2.75, 3.05) is 0 Å². The molecule has 1 fully saturated rings. The summed E-state index contributed by atoms with van der Waals surface area (Å²) in [6, 6.07) is 3.85. The number of ether oxygens (including phenoxy) is 1. The molecule has 1 N–H and O–H groups in total. The van der Waals surface area contributed by atoms with Crippen molar-refractivity contribution in [1.29, 1.82) is 0 Å². The predicted molar refractivity (Wildman–Crippen MR) is 94.2 cm³/mol. The van der Waals surface area contributed by atoms with Gasteiger partial charge in [-0.25, -0.2) is 9.97 Å². The van der Waals surface area contributed by atoms with E-state index in [2.05, 4.69) is 23.8 Å². The van der Waals surface area contributed by atoms with E-state index in [1.54, 1.807) is 11.3 Å². The highest BCUT2D eigenvalue weighted by molar-refractivity contribution is 7.18. The van der Waals surface area contributed by atoms with Crippen molar-refractivity contribution in [3.63, 3.8) is 0 Å². The number of nitrogens with zero attached hydrogens (tertiary/aromatic N) is 2. The highest BCUT2D eigenvalue weighted by Crippen LogP contribution is 2.28. The zero-order valence-corrected chi connectivity index (χ0v) is 14.8. The maximum Gasteiger partial charge on any atom is 0.215 e. The van der Waals surface area contributed by atoms with Crippen molar-refractivity contribution in [3.8, 4) is 5.88 Å². The normalized spacial score (nSPS) is 23.5. The second kappa shape index (κ2) is 7.58. The van der Waals surface area contributed by atoms with E-state index in [1.165, 1.54) is 19.3 Å². The molecule has 23 heavy (non-hydrogen) atoms. The number of thiazole rings is 1. The number of aliphatic hydroxyl groups excluding tert-OH is 1. The van der Waals surface area contributed by atoms with Crippen LogP contribution in [0.4, 0.5) is 0 Å². The van der Waals surface area contributed by atoms with Crippen LogP contribution in [0.5, 0.6) is 5.88 Å². The van der Waals surface area contributed by atoms with Crippen LogP contribution in [0.3, 0.4) is 0 Å². The Labute approximate surface area is 141 Å². The first kappa shape index (κ1) is 16.7. The fraction of sp³-hybridized carbons (Fsp3) is 0.667. The lowest BCUT2D eigenvalue weighted by molar-refractivity contribution is 0.0229. The van der Waals surface area contributed by atoms with E-state index in [1.807, 2.05) is 12.1 Å². The maximum atomic E-state index is 10.4. The van der Waals surface area contributed by atoms with Crippen LogP contribution >= 0.6 is 11.3 Å². The zero-order chi connectivity index (χ0) is 16.2. The average molecular weight is 334 g/mol. The van der Waals surface area contributed by atoms with Crippen LogP contribution < -0.4 is 4.74 Å². The quantitative estimate of drug-likeness (QED) is 0.886. The van der Waals surface area contributed by atoms with Gasteiger partial charge < -0.3 is 9.84 Å². The number of hydrogen-bond donors (Lipinski definition) is 1. The number of aliphatic hydroxyl groups is 1. The number of pyridine rings is 1. The van der Waals surface area contributed by atoms with E-state index in [-0.39, 0.29) is 6.10 Å². The van der Waals surface area contributed by atoms with Crippen molar-refractivity contribution >= 4 is 21.7 Å². The fourth-order valence-corrected chi connectivity index (χ4v) is 3.96. The van der Waals surface area contributed by atoms with Crippen LogP contribution in [0.25, 0.3) is 10.3 Å². The van der Waals surface area contributed by atoms with Gasteiger partial charge in [0.15, 0.2) is 0 Å². The Morgan fingerprint density at radius 2 is 1.83 bits per heavy atom. The van der Waals surface area contributed by atoms with Crippen LogP contribution in [-0.2, 0) is 0 Å². The average Bonchev–Trinajstić information content (AvgIpc) is 2.98. The first-order valence-corrected chi connectivity index (χ1v) is 9.57. The molecule has 0 aliphatic heterocycles. The van der Waals surface area contributed by atoms with E-state index < -0.39 is 6.10 Å². The topological polar surface area (TPSA) is 55.2 Å². The lowest BCUT2D eigenvalue weighted by Gasteiger charge is -2.23. The lowest BCUT2D eigenvalue weighted by Crippen LogP contribution is -2.31. The van der Waals surface area contributed by atoms with Crippen LogP contribution in [0.15, 0.2) is 12.1 Å². The summed E-state index contributed by atoms with van der Waals surface area (Å²) in [5.74, 6) is 1.02. The summed E-state index contributed by atoms with van der Waals surface area (Å²) in [4.78, 5) is 10.1. The highest BCUT2D eigenvalue weighted by Gasteiger charge is 2.22. The molecular formula is C18H26N2O2S. The molecule has 2 unspecified atom stereocenters. The molecule has 2 atom stereocenters. The van der Waals surface area contributed by atoms with Crippen LogP contribution in [0.2, 0.25) is 0 Å². The number of fused-ring (bicyclic) bond motifs is 1. The van der Waals surface area contributed by atoms with Crippen LogP contribution in [-0.4, -0.2) is 27.3 Å². The van der Waals surface area contributed by atoms with E-state index in [4.69, 9.17) is 4.74 Å². The standard InChI is InChI=1S/C18H26N2O2S/c1-12(2)17-19-13-10-11-16(20-18(13)23-17)22-15-9-7-5-3-4-6-8-14(15)21/h10-12,14-15,21H,3-9H2,1-2H3. The summed E-state index contributed by atoms with van der Waals surface area (Å²) in [5, 5.41) is 11.5. The van der Waals surface area contributed by atoms with Gasteiger partial charge >= 0.3 is 0 Å². The van der Waals surface area contributed by atoms with Crippen LogP contribution in [0, 0.1) is 0 Å². The Balaban J connectivity index is 1.75. The Hall–Kier alpha value is -1.20. The third kappa shape index (κ3) is 4.21. The van der Waals surface area contributed by atoms with E-state index >= 15 is 0 Å². The van der Waals surface area contributed by atoms with E-state index in [9.17, 15) is 5.11 Å². The van der Waals surface area contributed by atoms with Gasteiger partial charge in [-0.3, -0.25) is 0 Å². The second-order valence-electron chi connectivity index (χ2n) is 6.75. The summed E-state index contributed by atoms with van der Waals surface area (Å²) in [6.45, 7) is 4.28. The molecular weight excluding hydrogens is 308 g/mol. The van der Waals surface area contributed by atoms with Gasteiger partial charge in [-0.2, -0.15) is 0 Å². The molecule has 2 heterocycles. The molecule has 0 aromatic carbocycles. The molecule has 0 saturated heterocycles. The van der Waals surface area contributed by atoms with Gasteiger partial charge in [-0.1, -0.05) is 50.9 Å². The minimum atomic E-state index is -0.390. The van der Waals surface area contributed by atoms with Gasteiger partial charge in [0.05, 0.1) is 11.1 Å². The van der Waals surface area contributed by atoms with Gasteiger partial charge in [0.2, 0.25) is 5.88 Å². The molecule has 0 bridgehead atoms. The summed E-state index contributed by atoms with van der Waals surface area (Å²) in [5.41, 5.74) is 0.932. The predicted octanol–water partition coefficient (Wildman–Crippen LogP) is 4.67. The molecule has 2 aromatic rings. The first-order chi connectivity index (χ1) is 11.1. The summed E-state index contributed by atoms with van der Waals surface area (Å²) >= 11 is 1.63. The molecule has 5 heteroatoms. The molecule has 1 saturated carbocycles. The van der Waals surface area contributed by atoms with Crippen molar-refractivity contribution < 1.29 is 9.84 Å². The fourth-order valence-electron chi connectivity index (χ4n) is 3.03. The van der Waals surface area contributed by atoms with E-state index in [0.29, 0.717) is 11.8 Å². The van der Waals surface area contributed by atoms with Gasteiger partial charge in [0, 0.05) is 12.0 Å². The Morgan fingerprint density at radius 1 is 1.09 bits per heavy atom. The Kier molecular flexibility index (Phi) is 5.49. The highest BCUT2D eigenvalue weighted by atomic mass is 32.1. The van der Waals surface area contributed by atoms with Crippen molar-refractivity contribution in [2.45, 2.75) is 76.9 Å². The van der Waals surface area contributed by atoms with Gasteiger partial charge in [0.1, 0.15) is 16.5 Å². The molecule has 0 radical (unpaired) electrons. The summed E-state index contributed by atoms with van der Waals surface area (Å²) in [7, 11) is 0. The van der Waals surface area contributed by atoms with Crippen molar-refractivity contribution in [2.24, 2.45) is 0 Å². The third-order valence-electron chi connectivity index (χ3n) is 4.43. The van der Waals surface area contributed by atoms with E-state index in [0.717, 1.165) is 41.0 Å². The number of rotatable bonds is 3. The zero-order valence-electron chi connectivity index (χ0n) is 14.0. The van der Waals surface area contributed by atoms with Gasteiger partial charge in [-0.05, 0) is 25.3 Å². The molecule has 1 aliphatic rings. The molecule has 1 aliphatic carbocycles. The second-order valence-corrected chi connectivity index (χ2v) is 7.76. The molecule has 0 spiro atoms. The molecule has 4 nitrogen and oxygen atoms in total. The minimum Gasteiger partial charge on any atom is -0.472 e. The molecule has 126 valence electrons. The lowest BCUT2D eigenvalue weighted by atomic mass is 10.0. The van der Waals surface area contributed by atoms with Gasteiger partial charge in [-0.15, -0.1) is 0 Å². The molecule has 2 aromatic heterocycles. The van der Waals surface area contributed by atoms with Crippen molar-refractivity contribution in [3.05, 3.63) is 17.1 Å². The third-order valence-corrected chi connectivity index (χ3v) is 5.70. The summed E-state index contributed by atoms with van der Waals surface area (Å²) in [6.07, 6.45) is 7.10. The largest absolute Gasteiger partial charge is 0.472 e.